The van der Waals surface area contributed by atoms with Gasteiger partial charge in [0, 0.05) is 19.0 Å². The van der Waals surface area contributed by atoms with Crippen molar-refractivity contribution in [3.8, 4) is 0 Å². The first kappa shape index (κ1) is 12.1. The maximum Gasteiger partial charge on any atom is 0.243 e. The fourth-order valence-electron chi connectivity index (χ4n) is 1.51. The number of nitrogens with zero attached hydrogens (tertiary/aromatic N) is 2. The maximum absolute atomic E-state index is 11.7. The largest absolute Gasteiger partial charge is 0.395 e. The van der Waals surface area contributed by atoms with Gasteiger partial charge in [-0.05, 0) is 20.4 Å². The van der Waals surface area contributed by atoms with Crippen molar-refractivity contribution in [3.63, 3.8) is 0 Å². The number of likely N-dealkylation sites (N-methyl/N-ethyl adjacent to an activating group) is 1. The molecule has 0 aromatic carbocycles. The molecule has 0 radical (unpaired) electrons. The average molecular weight is 214 g/mol. The Labute approximate surface area is 89.7 Å². The van der Waals surface area contributed by atoms with Crippen LogP contribution in [-0.2, 0) is 9.59 Å². The Hall–Kier alpha value is -0.940. The number of likely N-dealkylation sites (tertiary alicyclic amines) is 1. The number of aliphatic hydroxyl groups excluding tert-OH is 1. The molecule has 0 aromatic rings. The topological polar surface area (TPSA) is 60.9 Å². The van der Waals surface area contributed by atoms with E-state index >= 15 is 0 Å². The molecule has 86 valence electrons. The van der Waals surface area contributed by atoms with E-state index in [9.17, 15) is 9.59 Å². The standard InChI is InChI=1S/C10H18N2O3/c1-8(7-13)11(2)6-10(15)12-5-3-4-9(12)14/h8,13H,3-7H2,1-2H3. The summed E-state index contributed by atoms with van der Waals surface area (Å²) in [4.78, 5) is 26.0. The van der Waals surface area contributed by atoms with Crippen molar-refractivity contribution in [2.24, 2.45) is 0 Å². The Kier molecular flexibility index (Phi) is 4.23. The first-order chi connectivity index (χ1) is 7.06. The minimum atomic E-state index is -0.166. The van der Waals surface area contributed by atoms with Crippen LogP contribution >= 0.6 is 0 Å². The molecule has 1 heterocycles. The molecular formula is C10H18N2O3. The number of hydrogen-bond donors (Lipinski definition) is 1. The summed E-state index contributed by atoms with van der Waals surface area (Å²) < 4.78 is 0. The summed E-state index contributed by atoms with van der Waals surface area (Å²) in [7, 11) is 1.76. The van der Waals surface area contributed by atoms with Crippen LogP contribution in [0.3, 0.4) is 0 Å². The first-order valence-electron chi connectivity index (χ1n) is 5.20. The highest BCUT2D eigenvalue weighted by atomic mass is 16.3. The summed E-state index contributed by atoms with van der Waals surface area (Å²) in [5.74, 6) is -0.245. The fraction of sp³-hybridized carbons (Fsp3) is 0.800. The van der Waals surface area contributed by atoms with Crippen molar-refractivity contribution in [1.82, 2.24) is 9.80 Å². The van der Waals surface area contributed by atoms with Crippen LogP contribution in [0, 0.1) is 0 Å². The molecule has 1 aliphatic rings. The quantitative estimate of drug-likeness (QED) is 0.682. The van der Waals surface area contributed by atoms with Gasteiger partial charge in [-0.25, -0.2) is 0 Å². The molecule has 0 aromatic heterocycles. The predicted octanol–water partition coefficient (Wildman–Crippen LogP) is -0.552. The number of imide groups is 1. The molecular weight excluding hydrogens is 196 g/mol. The molecule has 1 rings (SSSR count). The van der Waals surface area contributed by atoms with Crippen LogP contribution < -0.4 is 0 Å². The minimum Gasteiger partial charge on any atom is -0.395 e. The van der Waals surface area contributed by atoms with E-state index in [0.717, 1.165) is 6.42 Å². The lowest BCUT2D eigenvalue weighted by atomic mass is 10.3. The van der Waals surface area contributed by atoms with Crippen LogP contribution in [0.25, 0.3) is 0 Å². The third kappa shape index (κ3) is 3.00. The van der Waals surface area contributed by atoms with Gasteiger partial charge in [-0.15, -0.1) is 0 Å². The van der Waals surface area contributed by atoms with E-state index in [4.69, 9.17) is 5.11 Å². The van der Waals surface area contributed by atoms with Crippen LogP contribution in [0.1, 0.15) is 19.8 Å². The molecule has 1 unspecified atom stereocenters. The van der Waals surface area contributed by atoms with Crippen LogP contribution in [0.2, 0.25) is 0 Å². The van der Waals surface area contributed by atoms with Gasteiger partial charge in [-0.3, -0.25) is 19.4 Å². The van der Waals surface area contributed by atoms with Gasteiger partial charge < -0.3 is 5.11 Å². The van der Waals surface area contributed by atoms with Crippen molar-refractivity contribution >= 4 is 11.8 Å². The van der Waals surface area contributed by atoms with Crippen LogP contribution in [-0.4, -0.2) is 59.5 Å². The lowest BCUT2D eigenvalue weighted by molar-refractivity contribution is -0.142. The summed E-state index contributed by atoms with van der Waals surface area (Å²) in [5, 5.41) is 8.90. The molecule has 1 saturated heterocycles. The molecule has 2 amide bonds. The molecule has 5 nitrogen and oxygen atoms in total. The Balaban J connectivity index is 2.44. The second-order valence-corrected chi connectivity index (χ2v) is 3.99. The molecule has 1 atom stereocenters. The minimum absolute atomic E-state index is 0.0116. The fourth-order valence-corrected chi connectivity index (χ4v) is 1.51. The molecule has 0 saturated carbocycles. The van der Waals surface area contributed by atoms with Gasteiger partial charge in [-0.2, -0.15) is 0 Å². The SMILES string of the molecule is CC(CO)N(C)CC(=O)N1CCCC1=O. The lowest BCUT2D eigenvalue weighted by Crippen LogP contribution is -2.43. The van der Waals surface area contributed by atoms with Gasteiger partial charge in [-0.1, -0.05) is 0 Å². The Morgan fingerprint density at radius 2 is 2.33 bits per heavy atom. The molecule has 1 N–H and O–H groups in total. The Bertz CT molecular complexity index is 255. The molecule has 15 heavy (non-hydrogen) atoms. The normalized spacial score (nSPS) is 18.7. The Morgan fingerprint density at radius 3 is 2.80 bits per heavy atom. The van der Waals surface area contributed by atoms with E-state index in [2.05, 4.69) is 0 Å². The lowest BCUT2D eigenvalue weighted by Gasteiger charge is -2.24. The van der Waals surface area contributed by atoms with Crippen molar-refractivity contribution in [2.75, 3.05) is 26.7 Å². The summed E-state index contributed by atoms with van der Waals surface area (Å²) in [6, 6.07) is -0.0633. The van der Waals surface area contributed by atoms with Crippen molar-refractivity contribution in [3.05, 3.63) is 0 Å². The Morgan fingerprint density at radius 1 is 1.67 bits per heavy atom. The van der Waals surface area contributed by atoms with Gasteiger partial charge in [0.25, 0.3) is 0 Å². The van der Waals surface area contributed by atoms with E-state index in [0.29, 0.717) is 13.0 Å². The van der Waals surface area contributed by atoms with Gasteiger partial charge >= 0.3 is 0 Å². The zero-order valence-electron chi connectivity index (χ0n) is 9.27. The summed E-state index contributed by atoms with van der Waals surface area (Å²) in [5.41, 5.74) is 0. The molecule has 0 bridgehead atoms. The third-order valence-corrected chi connectivity index (χ3v) is 2.78. The van der Waals surface area contributed by atoms with Gasteiger partial charge in [0.05, 0.1) is 13.2 Å². The van der Waals surface area contributed by atoms with Crippen LogP contribution in [0.15, 0.2) is 0 Å². The zero-order valence-corrected chi connectivity index (χ0v) is 9.27. The number of amides is 2. The van der Waals surface area contributed by atoms with Crippen LogP contribution in [0.5, 0.6) is 0 Å². The second-order valence-electron chi connectivity index (χ2n) is 3.99. The van der Waals surface area contributed by atoms with Crippen molar-refractivity contribution in [1.29, 1.82) is 0 Å². The summed E-state index contributed by atoms with van der Waals surface area (Å²) >= 11 is 0. The molecule has 0 aliphatic carbocycles. The van der Waals surface area contributed by atoms with E-state index in [1.165, 1.54) is 4.90 Å². The number of hydrogen-bond acceptors (Lipinski definition) is 4. The number of aliphatic hydroxyl groups is 1. The average Bonchev–Trinajstić information content (AvgIpc) is 2.63. The highest BCUT2D eigenvalue weighted by Gasteiger charge is 2.27. The van der Waals surface area contributed by atoms with E-state index in [-0.39, 0.29) is 31.0 Å². The number of rotatable bonds is 4. The first-order valence-corrected chi connectivity index (χ1v) is 5.20. The summed E-state index contributed by atoms with van der Waals surface area (Å²) in [6.07, 6.45) is 1.24. The second kappa shape index (κ2) is 5.23. The predicted molar refractivity (Wildman–Crippen MR) is 55.1 cm³/mol. The number of carbonyl (C=O) groups is 2. The maximum atomic E-state index is 11.7. The van der Waals surface area contributed by atoms with Crippen LogP contribution in [0.4, 0.5) is 0 Å². The van der Waals surface area contributed by atoms with Crippen molar-refractivity contribution < 1.29 is 14.7 Å². The molecule has 1 fully saturated rings. The van der Waals surface area contributed by atoms with E-state index in [1.54, 1.807) is 11.9 Å². The van der Waals surface area contributed by atoms with Gasteiger partial charge in [0.2, 0.25) is 11.8 Å². The van der Waals surface area contributed by atoms with Gasteiger partial charge in [0.1, 0.15) is 0 Å². The monoisotopic (exact) mass is 214 g/mol. The number of carbonyl (C=O) groups excluding carboxylic acids is 2. The zero-order chi connectivity index (χ0) is 11.4. The third-order valence-electron chi connectivity index (χ3n) is 2.78. The highest BCUT2D eigenvalue weighted by Crippen LogP contribution is 2.10. The summed E-state index contributed by atoms with van der Waals surface area (Å²) in [6.45, 7) is 2.57. The van der Waals surface area contributed by atoms with E-state index < -0.39 is 0 Å². The smallest absolute Gasteiger partial charge is 0.243 e. The van der Waals surface area contributed by atoms with Crippen molar-refractivity contribution in [2.45, 2.75) is 25.8 Å². The molecule has 1 aliphatic heterocycles. The highest BCUT2D eigenvalue weighted by molar-refractivity contribution is 5.97. The van der Waals surface area contributed by atoms with E-state index in [1.807, 2.05) is 6.92 Å². The van der Waals surface area contributed by atoms with Gasteiger partial charge in [0.15, 0.2) is 0 Å². The molecule has 0 spiro atoms. The molecule has 5 heteroatoms.